The summed E-state index contributed by atoms with van der Waals surface area (Å²) in [5, 5.41) is 12.7. The van der Waals surface area contributed by atoms with Crippen molar-refractivity contribution in [3.63, 3.8) is 0 Å². The number of halogens is 1. The second-order valence-corrected chi connectivity index (χ2v) is 4.91. The van der Waals surface area contributed by atoms with Gasteiger partial charge in [0.25, 0.3) is 5.91 Å². The Balaban J connectivity index is 2.09. The highest BCUT2D eigenvalue weighted by Crippen LogP contribution is 2.18. The first-order valence-corrected chi connectivity index (χ1v) is 6.85. The lowest BCUT2D eigenvalue weighted by molar-refractivity contribution is 0.0958. The van der Waals surface area contributed by atoms with Crippen LogP contribution in [0.3, 0.4) is 0 Å². The number of nitrogens with zero attached hydrogens (tertiary/aromatic N) is 2. The summed E-state index contributed by atoms with van der Waals surface area (Å²) in [5.74, 6) is -0.0409. The molecular weight excluding hydrogens is 285 g/mol. The van der Waals surface area contributed by atoms with Crippen LogP contribution in [0.1, 0.15) is 22.2 Å². The first-order valence-electron chi connectivity index (χ1n) is 6.85. The fraction of sp³-hybridized carbons (Fsp3) is 0.250. The maximum atomic E-state index is 12.9. The molecule has 1 unspecified atom stereocenters. The second kappa shape index (κ2) is 7.00. The van der Waals surface area contributed by atoms with Crippen molar-refractivity contribution in [2.45, 2.75) is 6.10 Å². The zero-order valence-electron chi connectivity index (χ0n) is 12.5. The molecule has 0 aliphatic heterocycles. The largest absolute Gasteiger partial charge is 0.387 e. The van der Waals surface area contributed by atoms with Gasteiger partial charge in [0, 0.05) is 20.6 Å². The molecule has 116 valence electrons. The highest BCUT2D eigenvalue weighted by molar-refractivity contribution is 5.92. The van der Waals surface area contributed by atoms with Gasteiger partial charge in [0.05, 0.1) is 6.10 Å². The molecule has 2 aromatic rings. The van der Waals surface area contributed by atoms with E-state index < -0.39 is 6.10 Å². The molecule has 1 aromatic carbocycles. The van der Waals surface area contributed by atoms with Crippen molar-refractivity contribution < 1.29 is 14.3 Å². The number of aliphatic hydroxyl groups excluding tert-OH is 1. The standard InChI is InChI=1S/C16H18FN3O2/c1-18-16(22)13-4-3-5-15(19-13)20(2)10-14(21)11-6-8-12(17)9-7-11/h3-9,14,21H,10H2,1-2H3,(H,18,22). The van der Waals surface area contributed by atoms with Crippen LogP contribution in [-0.4, -0.2) is 36.6 Å². The number of hydrogen-bond donors (Lipinski definition) is 2. The number of aromatic nitrogens is 1. The van der Waals surface area contributed by atoms with E-state index in [9.17, 15) is 14.3 Å². The summed E-state index contributed by atoms with van der Waals surface area (Å²) in [4.78, 5) is 17.6. The molecule has 0 saturated carbocycles. The van der Waals surface area contributed by atoms with Crippen LogP contribution < -0.4 is 10.2 Å². The predicted molar refractivity (Wildman–Crippen MR) is 82.3 cm³/mol. The number of carbonyl (C=O) groups excluding carboxylic acids is 1. The Morgan fingerprint density at radius 2 is 2.00 bits per heavy atom. The van der Waals surface area contributed by atoms with E-state index in [-0.39, 0.29) is 18.3 Å². The highest BCUT2D eigenvalue weighted by atomic mass is 19.1. The van der Waals surface area contributed by atoms with Crippen molar-refractivity contribution in [1.82, 2.24) is 10.3 Å². The van der Waals surface area contributed by atoms with Crippen LogP contribution in [0.5, 0.6) is 0 Å². The lowest BCUT2D eigenvalue weighted by atomic mass is 10.1. The number of benzene rings is 1. The summed E-state index contributed by atoms with van der Waals surface area (Å²) in [6.45, 7) is 0.274. The normalized spacial score (nSPS) is 11.8. The molecule has 0 aliphatic carbocycles. The maximum Gasteiger partial charge on any atom is 0.269 e. The average molecular weight is 303 g/mol. The Morgan fingerprint density at radius 3 is 2.64 bits per heavy atom. The molecule has 0 fully saturated rings. The Morgan fingerprint density at radius 1 is 1.32 bits per heavy atom. The molecule has 1 heterocycles. The first-order chi connectivity index (χ1) is 10.5. The molecule has 1 amide bonds. The number of hydrogen-bond acceptors (Lipinski definition) is 4. The Hall–Kier alpha value is -2.47. The summed E-state index contributed by atoms with van der Waals surface area (Å²) in [7, 11) is 3.31. The minimum atomic E-state index is -0.781. The van der Waals surface area contributed by atoms with Crippen LogP contribution in [0.25, 0.3) is 0 Å². The molecule has 2 rings (SSSR count). The van der Waals surface area contributed by atoms with Crippen molar-refractivity contribution >= 4 is 11.7 Å². The summed E-state index contributed by atoms with van der Waals surface area (Å²) < 4.78 is 12.9. The molecule has 1 aromatic heterocycles. The topological polar surface area (TPSA) is 65.5 Å². The van der Waals surface area contributed by atoms with Crippen LogP contribution in [-0.2, 0) is 0 Å². The van der Waals surface area contributed by atoms with E-state index in [2.05, 4.69) is 10.3 Å². The van der Waals surface area contributed by atoms with Gasteiger partial charge in [-0.05, 0) is 29.8 Å². The molecule has 0 aliphatic rings. The quantitative estimate of drug-likeness (QED) is 0.883. The van der Waals surface area contributed by atoms with E-state index in [0.29, 0.717) is 17.1 Å². The minimum absolute atomic E-state index is 0.269. The van der Waals surface area contributed by atoms with Gasteiger partial charge in [-0.15, -0.1) is 0 Å². The third kappa shape index (κ3) is 3.79. The van der Waals surface area contributed by atoms with Crippen molar-refractivity contribution in [1.29, 1.82) is 0 Å². The van der Waals surface area contributed by atoms with Gasteiger partial charge in [-0.25, -0.2) is 9.37 Å². The third-order valence-corrected chi connectivity index (χ3v) is 3.29. The van der Waals surface area contributed by atoms with E-state index in [1.807, 2.05) is 0 Å². The molecule has 1 atom stereocenters. The van der Waals surface area contributed by atoms with Gasteiger partial charge >= 0.3 is 0 Å². The zero-order chi connectivity index (χ0) is 16.1. The monoisotopic (exact) mass is 303 g/mol. The Kier molecular flexibility index (Phi) is 5.06. The van der Waals surface area contributed by atoms with E-state index in [1.54, 1.807) is 49.3 Å². The molecule has 0 saturated heterocycles. The molecule has 6 heteroatoms. The molecule has 0 bridgehead atoms. The SMILES string of the molecule is CNC(=O)c1cccc(N(C)CC(O)c2ccc(F)cc2)n1. The van der Waals surface area contributed by atoms with Crippen LogP contribution in [0, 0.1) is 5.82 Å². The third-order valence-electron chi connectivity index (χ3n) is 3.29. The molecular formula is C16H18FN3O2. The van der Waals surface area contributed by atoms with Gasteiger partial charge in [0.2, 0.25) is 0 Å². The molecule has 0 radical (unpaired) electrons. The van der Waals surface area contributed by atoms with E-state index in [4.69, 9.17) is 0 Å². The van der Waals surface area contributed by atoms with Crippen LogP contribution >= 0.6 is 0 Å². The van der Waals surface area contributed by atoms with Crippen molar-refractivity contribution in [3.8, 4) is 0 Å². The minimum Gasteiger partial charge on any atom is -0.387 e. The van der Waals surface area contributed by atoms with Gasteiger partial charge in [0.15, 0.2) is 0 Å². The maximum absolute atomic E-state index is 12.9. The van der Waals surface area contributed by atoms with E-state index in [0.717, 1.165) is 0 Å². The molecule has 2 N–H and O–H groups in total. The van der Waals surface area contributed by atoms with E-state index >= 15 is 0 Å². The zero-order valence-corrected chi connectivity index (χ0v) is 12.5. The van der Waals surface area contributed by atoms with Gasteiger partial charge < -0.3 is 15.3 Å². The van der Waals surface area contributed by atoms with Gasteiger partial charge in [-0.3, -0.25) is 4.79 Å². The smallest absolute Gasteiger partial charge is 0.269 e. The lowest BCUT2D eigenvalue weighted by Gasteiger charge is -2.22. The summed E-state index contributed by atoms with van der Waals surface area (Å²) in [6, 6.07) is 10.8. The van der Waals surface area contributed by atoms with Gasteiger partial charge in [-0.2, -0.15) is 0 Å². The average Bonchev–Trinajstić information content (AvgIpc) is 2.54. The van der Waals surface area contributed by atoms with Crippen molar-refractivity contribution in [2.24, 2.45) is 0 Å². The molecule has 0 spiro atoms. The summed E-state index contributed by atoms with van der Waals surface area (Å²) in [6.07, 6.45) is -0.781. The van der Waals surface area contributed by atoms with Crippen LogP contribution in [0.4, 0.5) is 10.2 Å². The molecule has 5 nitrogen and oxygen atoms in total. The number of amides is 1. The van der Waals surface area contributed by atoms with Crippen LogP contribution in [0.2, 0.25) is 0 Å². The van der Waals surface area contributed by atoms with Gasteiger partial charge in [0.1, 0.15) is 17.3 Å². The van der Waals surface area contributed by atoms with Crippen molar-refractivity contribution in [2.75, 3.05) is 25.5 Å². The summed E-state index contributed by atoms with van der Waals surface area (Å²) >= 11 is 0. The summed E-state index contributed by atoms with van der Waals surface area (Å²) in [5.41, 5.74) is 0.929. The van der Waals surface area contributed by atoms with Crippen LogP contribution in [0.15, 0.2) is 42.5 Å². The number of carbonyl (C=O) groups is 1. The number of likely N-dealkylation sites (N-methyl/N-ethyl adjacent to an activating group) is 1. The highest BCUT2D eigenvalue weighted by Gasteiger charge is 2.13. The second-order valence-electron chi connectivity index (χ2n) is 4.91. The fourth-order valence-corrected chi connectivity index (χ4v) is 2.03. The van der Waals surface area contributed by atoms with E-state index in [1.165, 1.54) is 12.1 Å². The number of aliphatic hydroxyl groups is 1. The fourth-order valence-electron chi connectivity index (χ4n) is 2.03. The number of nitrogens with one attached hydrogen (secondary N) is 1. The van der Waals surface area contributed by atoms with Gasteiger partial charge in [-0.1, -0.05) is 18.2 Å². The number of anilines is 1. The lowest BCUT2D eigenvalue weighted by Crippen LogP contribution is -2.26. The van der Waals surface area contributed by atoms with Crippen molar-refractivity contribution in [3.05, 3.63) is 59.5 Å². The number of rotatable bonds is 5. The predicted octanol–water partition coefficient (Wildman–Crippen LogP) is 1.75. The Labute approximate surface area is 128 Å². The Bertz CT molecular complexity index is 646. The molecule has 22 heavy (non-hydrogen) atoms. The number of pyridine rings is 1. The first kappa shape index (κ1) is 15.9.